The number of hydrogen-bond donors (Lipinski definition) is 2. The Morgan fingerprint density at radius 3 is 2.81 bits per heavy atom. The standard InChI is InChI=1S/C17H24N2O2/c1-12-9-14(4-7-16(12)20)17(21)19(15-5-6-15)11-13-3-2-8-18-10-13/h4,7,9,13,15,18,20H,2-3,5-6,8,10-11H2,1H3. The average molecular weight is 288 g/mol. The summed E-state index contributed by atoms with van der Waals surface area (Å²) in [4.78, 5) is 14.8. The van der Waals surface area contributed by atoms with Crippen LogP contribution in [-0.4, -0.2) is 41.6 Å². The first-order chi connectivity index (χ1) is 10.1. The second kappa shape index (κ2) is 6.06. The van der Waals surface area contributed by atoms with Crippen LogP contribution in [0.25, 0.3) is 0 Å². The lowest BCUT2D eigenvalue weighted by Gasteiger charge is -2.30. The number of phenols is 1. The van der Waals surface area contributed by atoms with Gasteiger partial charge in [-0.25, -0.2) is 0 Å². The Morgan fingerprint density at radius 2 is 2.19 bits per heavy atom. The number of amides is 1. The molecule has 4 nitrogen and oxygen atoms in total. The Labute approximate surface area is 126 Å². The van der Waals surface area contributed by atoms with E-state index in [1.165, 1.54) is 12.8 Å². The fourth-order valence-corrected chi connectivity index (χ4v) is 3.10. The highest BCUT2D eigenvalue weighted by Crippen LogP contribution is 2.30. The smallest absolute Gasteiger partial charge is 0.254 e. The first kappa shape index (κ1) is 14.4. The number of carbonyl (C=O) groups excluding carboxylic acids is 1. The molecule has 4 heteroatoms. The molecule has 2 N–H and O–H groups in total. The quantitative estimate of drug-likeness (QED) is 0.894. The number of rotatable bonds is 4. The molecule has 1 saturated carbocycles. The molecule has 1 unspecified atom stereocenters. The maximum Gasteiger partial charge on any atom is 0.254 e. The normalized spacial score (nSPS) is 22.0. The molecule has 1 aromatic carbocycles. The lowest BCUT2D eigenvalue weighted by molar-refractivity contribution is 0.0704. The number of phenolic OH excluding ortho intramolecular Hbond substituents is 1. The van der Waals surface area contributed by atoms with Gasteiger partial charge in [0.05, 0.1) is 0 Å². The number of nitrogens with zero attached hydrogens (tertiary/aromatic N) is 1. The van der Waals surface area contributed by atoms with Crippen LogP contribution in [0.15, 0.2) is 18.2 Å². The monoisotopic (exact) mass is 288 g/mol. The van der Waals surface area contributed by atoms with Gasteiger partial charge < -0.3 is 15.3 Å². The summed E-state index contributed by atoms with van der Waals surface area (Å²) in [5.41, 5.74) is 1.46. The minimum Gasteiger partial charge on any atom is -0.508 e. The fraction of sp³-hybridized carbons (Fsp3) is 0.588. The van der Waals surface area contributed by atoms with Gasteiger partial charge in [0.25, 0.3) is 5.91 Å². The van der Waals surface area contributed by atoms with Gasteiger partial charge in [-0.2, -0.15) is 0 Å². The van der Waals surface area contributed by atoms with E-state index in [1.807, 2.05) is 6.92 Å². The van der Waals surface area contributed by atoms with Gasteiger partial charge in [0, 0.05) is 18.2 Å². The lowest BCUT2D eigenvalue weighted by Crippen LogP contribution is -2.42. The summed E-state index contributed by atoms with van der Waals surface area (Å²) >= 11 is 0. The van der Waals surface area contributed by atoms with Crippen LogP contribution < -0.4 is 5.32 Å². The van der Waals surface area contributed by atoms with Crippen LogP contribution >= 0.6 is 0 Å². The number of piperidine rings is 1. The van der Waals surface area contributed by atoms with Crippen molar-refractivity contribution in [2.24, 2.45) is 5.92 Å². The van der Waals surface area contributed by atoms with E-state index in [4.69, 9.17) is 0 Å². The molecule has 2 aliphatic rings. The van der Waals surface area contributed by atoms with Crippen LogP contribution in [0.3, 0.4) is 0 Å². The van der Waals surface area contributed by atoms with Gasteiger partial charge in [0.15, 0.2) is 0 Å². The molecule has 3 rings (SSSR count). The highest BCUT2D eigenvalue weighted by Gasteiger charge is 2.34. The minimum absolute atomic E-state index is 0.117. The van der Waals surface area contributed by atoms with Crippen molar-refractivity contribution in [1.82, 2.24) is 10.2 Å². The van der Waals surface area contributed by atoms with Crippen molar-refractivity contribution in [2.75, 3.05) is 19.6 Å². The summed E-state index contributed by atoms with van der Waals surface area (Å²) < 4.78 is 0. The van der Waals surface area contributed by atoms with Crippen molar-refractivity contribution >= 4 is 5.91 Å². The number of carbonyl (C=O) groups is 1. The van der Waals surface area contributed by atoms with E-state index in [9.17, 15) is 9.90 Å². The molecule has 1 aromatic rings. The van der Waals surface area contributed by atoms with E-state index in [0.717, 1.165) is 38.0 Å². The molecule has 114 valence electrons. The van der Waals surface area contributed by atoms with E-state index in [1.54, 1.807) is 18.2 Å². The Kier molecular flexibility index (Phi) is 4.15. The van der Waals surface area contributed by atoms with E-state index in [-0.39, 0.29) is 11.7 Å². The van der Waals surface area contributed by atoms with Crippen molar-refractivity contribution in [3.8, 4) is 5.75 Å². The molecule has 2 fully saturated rings. The Morgan fingerprint density at radius 1 is 1.38 bits per heavy atom. The third-order valence-corrected chi connectivity index (χ3v) is 4.55. The summed E-state index contributed by atoms with van der Waals surface area (Å²) in [6, 6.07) is 5.58. The molecule has 1 aliphatic heterocycles. The Bertz CT molecular complexity index is 520. The summed E-state index contributed by atoms with van der Waals surface area (Å²) in [6.45, 7) is 4.81. The molecule has 0 aromatic heterocycles. The van der Waals surface area contributed by atoms with Crippen LogP contribution in [-0.2, 0) is 0 Å². The van der Waals surface area contributed by atoms with E-state index in [0.29, 0.717) is 17.5 Å². The SMILES string of the molecule is Cc1cc(C(=O)N(CC2CCCNC2)C2CC2)ccc1O. The Balaban J connectivity index is 1.73. The van der Waals surface area contributed by atoms with Crippen LogP contribution in [0.5, 0.6) is 5.75 Å². The summed E-state index contributed by atoms with van der Waals surface area (Å²) in [6.07, 6.45) is 4.67. The average Bonchev–Trinajstić information content (AvgIpc) is 3.33. The maximum absolute atomic E-state index is 12.8. The maximum atomic E-state index is 12.8. The molecule has 0 radical (unpaired) electrons. The molecule has 0 bridgehead atoms. The van der Waals surface area contributed by atoms with Gasteiger partial charge in [-0.3, -0.25) is 4.79 Å². The molecule has 1 aliphatic carbocycles. The zero-order valence-corrected chi connectivity index (χ0v) is 12.6. The van der Waals surface area contributed by atoms with Crippen molar-refractivity contribution in [3.63, 3.8) is 0 Å². The molecule has 1 saturated heterocycles. The first-order valence-electron chi connectivity index (χ1n) is 7.96. The van der Waals surface area contributed by atoms with Gasteiger partial charge in [-0.15, -0.1) is 0 Å². The van der Waals surface area contributed by atoms with Crippen molar-refractivity contribution in [3.05, 3.63) is 29.3 Å². The topological polar surface area (TPSA) is 52.6 Å². The molecule has 1 heterocycles. The first-order valence-corrected chi connectivity index (χ1v) is 7.96. The van der Waals surface area contributed by atoms with Crippen molar-refractivity contribution < 1.29 is 9.90 Å². The van der Waals surface area contributed by atoms with Gasteiger partial charge in [0.2, 0.25) is 0 Å². The predicted octanol–water partition coefficient (Wildman–Crippen LogP) is 2.30. The Hall–Kier alpha value is -1.55. The molecular weight excluding hydrogens is 264 g/mol. The van der Waals surface area contributed by atoms with Crippen molar-refractivity contribution in [1.29, 1.82) is 0 Å². The number of hydrogen-bond acceptors (Lipinski definition) is 3. The minimum atomic E-state index is 0.117. The van der Waals surface area contributed by atoms with E-state index in [2.05, 4.69) is 10.2 Å². The van der Waals surface area contributed by atoms with Gasteiger partial charge in [-0.05, 0) is 75.4 Å². The number of nitrogens with one attached hydrogen (secondary N) is 1. The predicted molar refractivity (Wildman–Crippen MR) is 82.5 cm³/mol. The lowest BCUT2D eigenvalue weighted by atomic mass is 9.98. The zero-order valence-electron chi connectivity index (χ0n) is 12.6. The van der Waals surface area contributed by atoms with Gasteiger partial charge in [-0.1, -0.05) is 0 Å². The van der Waals surface area contributed by atoms with Crippen LogP contribution in [0.2, 0.25) is 0 Å². The third-order valence-electron chi connectivity index (χ3n) is 4.55. The largest absolute Gasteiger partial charge is 0.508 e. The molecule has 0 spiro atoms. The molecule has 21 heavy (non-hydrogen) atoms. The zero-order chi connectivity index (χ0) is 14.8. The number of benzene rings is 1. The fourth-order valence-electron chi connectivity index (χ4n) is 3.10. The van der Waals surface area contributed by atoms with E-state index < -0.39 is 0 Å². The second-order valence-electron chi connectivity index (χ2n) is 6.40. The van der Waals surface area contributed by atoms with Gasteiger partial charge in [0.1, 0.15) is 5.75 Å². The summed E-state index contributed by atoms with van der Waals surface area (Å²) in [5, 5.41) is 13.0. The van der Waals surface area contributed by atoms with Crippen molar-refractivity contribution in [2.45, 2.75) is 38.6 Å². The molecule has 1 atom stereocenters. The number of aryl methyl sites for hydroxylation is 1. The molecule has 1 amide bonds. The van der Waals surface area contributed by atoms with Crippen LogP contribution in [0.4, 0.5) is 0 Å². The van der Waals surface area contributed by atoms with Crippen LogP contribution in [0.1, 0.15) is 41.6 Å². The summed E-state index contributed by atoms with van der Waals surface area (Å²) in [7, 11) is 0. The van der Waals surface area contributed by atoms with Crippen LogP contribution in [0, 0.1) is 12.8 Å². The molecular formula is C17H24N2O2. The van der Waals surface area contributed by atoms with Gasteiger partial charge >= 0.3 is 0 Å². The summed E-state index contributed by atoms with van der Waals surface area (Å²) in [5.74, 6) is 0.939. The highest BCUT2D eigenvalue weighted by atomic mass is 16.3. The third kappa shape index (κ3) is 3.38. The number of aromatic hydroxyl groups is 1. The second-order valence-corrected chi connectivity index (χ2v) is 6.40. The highest BCUT2D eigenvalue weighted by molar-refractivity contribution is 5.95. The van der Waals surface area contributed by atoms with E-state index >= 15 is 0 Å².